The van der Waals surface area contributed by atoms with E-state index in [1.165, 1.54) is 12.3 Å². The van der Waals surface area contributed by atoms with E-state index in [-0.39, 0.29) is 17.4 Å². The maximum atomic E-state index is 11.2. The molecule has 2 heterocycles. The van der Waals surface area contributed by atoms with Gasteiger partial charge in [-0.05, 0) is 24.3 Å². The summed E-state index contributed by atoms with van der Waals surface area (Å²) in [6, 6.07) is 7.91. The summed E-state index contributed by atoms with van der Waals surface area (Å²) in [5, 5.41) is 0. The standard InChI is InChI=1S/C11H8N2O5S/c12-7-1-3-8(4-2-7)16-11-10-9(5-6-13-11)17-19(14,15)18-10/h1-6H,12H2. The highest BCUT2D eigenvalue weighted by atomic mass is 32.3. The van der Waals surface area contributed by atoms with Gasteiger partial charge in [0.2, 0.25) is 0 Å². The Labute approximate surface area is 108 Å². The Morgan fingerprint density at radius 3 is 2.58 bits per heavy atom. The zero-order valence-electron chi connectivity index (χ0n) is 9.44. The first-order chi connectivity index (χ1) is 9.03. The van der Waals surface area contributed by atoms with E-state index in [1.807, 2.05) is 0 Å². The van der Waals surface area contributed by atoms with Crippen molar-refractivity contribution in [2.24, 2.45) is 0 Å². The first-order valence-electron chi connectivity index (χ1n) is 5.20. The summed E-state index contributed by atoms with van der Waals surface area (Å²) >= 11 is 0. The SMILES string of the molecule is Nc1ccc(Oc2nccc3c2OS(=O)(=O)O3)cc1. The van der Waals surface area contributed by atoms with Crippen LogP contribution in [0.25, 0.3) is 0 Å². The molecule has 98 valence electrons. The second kappa shape index (κ2) is 4.02. The van der Waals surface area contributed by atoms with E-state index in [4.69, 9.17) is 10.5 Å². The zero-order valence-corrected chi connectivity index (χ0v) is 10.3. The molecule has 0 atom stereocenters. The van der Waals surface area contributed by atoms with Gasteiger partial charge in [-0.15, -0.1) is 8.42 Å². The minimum Gasteiger partial charge on any atom is -0.436 e. The molecule has 19 heavy (non-hydrogen) atoms. The van der Waals surface area contributed by atoms with Gasteiger partial charge in [-0.25, -0.2) is 4.98 Å². The quantitative estimate of drug-likeness (QED) is 0.831. The van der Waals surface area contributed by atoms with Crippen LogP contribution in [0.5, 0.6) is 23.1 Å². The molecule has 0 saturated carbocycles. The average molecular weight is 280 g/mol. The number of anilines is 1. The minimum atomic E-state index is -4.07. The van der Waals surface area contributed by atoms with Crippen molar-refractivity contribution in [3.63, 3.8) is 0 Å². The van der Waals surface area contributed by atoms with Gasteiger partial charge in [-0.2, -0.15) is 0 Å². The molecular weight excluding hydrogens is 272 g/mol. The van der Waals surface area contributed by atoms with E-state index in [1.54, 1.807) is 24.3 Å². The molecule has 1 aromatic carbocycles. The molecule has 0 spiro atoms. The molecule has 3 rings (SSSR count). The fourth-order valence-electron chi connectivity index (χ4n) is 1.50. The Hall–Kier alpha value is -2.48. The normalized spacial score (nSPS) is 15.2. The van der Waals surface area contributed by atoms with Crippen LogP contribution in [0.2, 0.25) is 0 Å². The Balaban J connectivity index is 1.96. The molecule has 2 N–H and O–H groups in total. The number of pyridine rings is 1. The first-order valence-corrected chi connectivity index (χ1v) is 6.53. The smallest absolute Gasteiger partial charge is 0.436 e. The van der Waals surface area contributed by atoms with Gasteiger partial charge in [-0.3, -0.25) is 0 Å². The molecule has 1 aliphatic heterocycles. The Kier molecular flexibility index (Phi) is 2.46. The highest BCUT2D eigenvalue weighted by Gasteiger charge is 2.32. The van der Waals surface area contributed by atoms with Gasteiger partial charge < -0.3 is 18.8 Å². The van der Waals surface area contributed by atoms with Gasteiger partial charge in [0.1, 0.15) is 5.75 Å². The summed E-state index contributed by atoms with van der Waals surface area (Å²) in [6.07, 6.45) is 1.36. The van der Waals surface area contributed by atoms with E-state index in [0.717, 1.165) is 0 Å². The number of nitrogen functional groups attached to an aromatic ring is 1. The largest absolute Gasteiger partial charge is 0.501 e. The maximum absolute atomic E-state index is 11.2. The molecule has 0 radical (unpaired) electrons. The Morgan fingerprint density at radius 1 is 1.11 bits per heavy atom. The van der Waals surface area contributed by atoms with Crippen LogP contribution in [0.15, 0.2) is 36.5 Å². The molecule has 0 amide bonds. The highest BCUT2D eigenvalue weighted by molar-refractivity contribution is 7.82. The van der Waals surface area contributed by atoms with Crippen LogP contribution in [0.1, 0.15) is 0 Å². The third kappa shape index (κ3) is 2.25. The molecule has 0 bridgehead atoms. The van der Waals surface area contributed by atoms with E-state index in [9.17, 15) is 8.42 Å². The fraction of sp³-hybridized carbons (Fsp3) is 0. The summed E-state index contributed by atoms with van der Waals surface area (Å²) < 4.78 is 37.1. The van der Waals surface area contributed by atoms with Gasteiger partial charge in [-0.1, -0.05) is 0 Å². The Morgan fingerprint density at radius 2 is 1.84 bits per heavy atom. The molecule has 8 heteroatoms. The molecule has 0 saturated heterocycles. The van der Waals surface area contributed by atoms with Crippen LogP contribution in [0.4, 0.5) is 5.69 Å². The van der Waals surface area contributed by atoms with Crippen molar-refractivity contribution in [3.8, 4) is 23.1 Å². The summed E-state index contributed by atoms with van der Waals surface area (Å²) in [5.41, 5.74) is 6.13. The monoisotopic (exact) mass is 280 g/mol. The van der Waals surface area contributed by atoms with Crippen molar-refractivity contribution < 1.29 is 21.5 Å². The molecular formula is C11H8N2O5S. The van der Waals surface area contributed by atoms with Crippen molar-refractivity contribution in [2.75, 3.05) is 5.73 Å². The highest BCUT2D eigenvalue weighted by Crippen LogP contribution is 2.43. The number of benzene rings is 1. The summed E-state index contributed by atoms with van der Waals surface area (Å²) in [7, 11) is -4.07. The number of fused-ring (bicyclic) bond motifs is 1. The van der Waals surface area contributed by atoms with Gasteiger partial charge in [0.05, 0.1) is 0 Å². The van der Waals surface area contributed by atoms with Crippen molar-refractivity contribution in [1.29, 1.82) is 0 Å². The van der Waals surface area contributed by atoms with Gasteiger partial charge >= 0.3 is 10.4 Å². The summed E-state index contributed by atoms with van der Waals surface area (Å²) in [4.78, 5) is 3.91. The molecule has 7 nitrogen and oxygen atoms in total. The predicted molar refractivity (Wildman–Crippen MR) is 65.3 cm³/mol. The van der Waals surface area contributed by atoms with Crippen molar-refractivity contribution in [3.05, 3.63) is 36.5 Å². The average Bonchev–Trinajstić information content (AvgIpc) is 2.67. The van der Waals surface area contributed by atoms with E-state index < -0.39 is 10.4 Å². The van der Waals surface area contributed by atoms with Gasteiger partial charge in [0.15, 0.2) is 5.75 Å². The number of nitrogens with zero attached hydrogens (tertiary/aromatic N) is 1. The van der Waals surface area contributed by atoms with Crippen LogP contribution < -0.4 is 18.8 Å². The number of hydrogen-bond donors (Lipinski definition) is 1. The van der Waals surface area contributed by atoms with Gasteiger partial charge in [0.25, 0.3) is 11.6 Å². The number of aromatic nitrogens is 1. The molecule has 1 aromatic heterocycles. The second-order valence-electron chi connectivity index (χ2n) is 3.69. The topological polar surface area (TPSA) is 101 Å². The number of ether oxygens (including phenoxy) is 1. The van der Waals surface area contributed by atoms with Gasteiger partial charge in [0, 0.05) is 18.0 Å². The minimum absolute atomic E-state index is 0.00310. The lowest BCUT2D eigenvalue weighted by molar-refractivity contribution is 0.416. The number of rotatable bonds is 2. The molecule has 0 unspecified atom stereocenters. The fourth-order valence-corrected chi connectivity index (χ4v) is 2.25. The maximum Gasteiger partial charge on any atom is 0.501 e. The third-order valence-corrected chi connectivity index (χ3v) is 3.06. The van der Waals surface area contributed by atoms with Crippen LogP contribution in [-0.2, 0) is 10.4 Å². The van der Waals surface area contributed by atoms with Crippen LogP contribution in [0.3, 0.4) is 0 Å². The number of nitrogens with two attached hydrogens (primary N) is 1. The Bertz CT molecular complexity index is 727. The van der Waals surface area contributed by atoms with Crippen LogP contribution in [-0.4, -0.2) is 13.4 Å². The number of hydrogen-bond acceptors (Lipinski definition) is 7. The molecule has 0 fully saturated rings. The first kappa shape index (κ1) is 11.6. The van der Waals surface area contributed by atoms with Crippen molar-refractivity contribution in [1.82, 2.24) is 4.98 Å². The molecule has 0 aliphatic carbocycles. The summed E-state index contributed by atoms with van der Waals surface area (Å²) in [6.45, 7) is 0. The van der Waals surface area contributed by atoms with E-state index >= 15 is 0 Å². The van der Waals surface area contributed by atoms with Crippen LogP contribution in [0, 0.1) is 0 Å². The van der Waals surface area contributed by atoms with Crippen molar-refractivity contribution >= 4 is 16.1 Å². The summed E-state index contributed by atoms with van der Waals surface area (Å²) in [5.74, 6) is 0.422. The molecule has 1 aliphatic rings. The lowest BCUT2D eigenvalue weighted by atomic mass is 10.3. The zero-order chi connectivity index (χ0) is 13.5. The predicted octanol–water partition coefficient (Wildman–Crippen LogP) is 1.47. The lowest BCUT2D eigenvalue weighted by Gasteiger charge is -2.05. The van der Waals surface area contributed by atoms with Crippen LogP contribution >= 0.6 is 0 Å². The van der Waals surface area contributed by atoms with Crippen molar-refractivity contribution in [2.45, 2.75) is 0 Å². The second-order valence-corrected chi connectivity index (χ2v) is 4.84. The van der Waals surface area contributed by atoms with E-state index in [0.29, 0.717) is 11.4 Å². The molecule has 2 aromatic rings. The third-order valence-electron chi connectivity index (χ3n) is 2.31. The van der Waals surface area contributed by atoms with E-state index in [2.05, 4.69) is 13.4 Å². The lowest BCUT2D eigenvalue weighted by Crippen LogP contribution is -2.08.